The predicted molar refractivity (Wildman–Crippen MR) is 105 cm³/mol. The van der Waals surface area contributed by atoms with Crippen LogP contribution in [0, 0.1) is 11.7 Å². The molecule has 2 aromatic carbocycles. The lowest BCUT2D eigenvalue weighted by Gasteiger charge is -2.24. The number of benzene rings is 2. The third kappa shape index (κ3) is 4.30. The summed E-state index contributed by atoms with van der Waals surface area (Å²) >= 11 is 0. The number of rotatable bonds is 4. The van der Waals surface area contributed by atoms with E-state index < -0.39 is 0 Å². The molecule has 2 aliphatic heterocycles. The normalized spacial score (nSPS) is 22.9. The number of likely N-dealkylation sites (tertiary alicyclic amines) is 2. The molecule has 0 saturated carbocycles. The average Bonchev–Trinajstić information content (AvgIpc) is 3.33. The van der Waals surface area contributed by atoms with Crippen LogP contribution in [-0.2, 0) is 0 Å². The molecular formula is C22H26FN3O. The van der Waals surface area contributed by atoms with Crippen LogP contribution >= 0.6 is 0 Å². The summed E-state index contributed by atoms with van der Waals surface area (Å²) in [5, 5.41) is 2.98. The van der Waals surface area contributed by atoms with Crippen LogP contribution in [0.15, 0.2) is 54.6 Å². The highest BCUT2D eigenvalue weighted by Gasteiger charge is 2.37. The number of nitrogens with one attached hydrogen (secondary N) is 1. The Morgan fingerprint density at radius 2 is 1.81 bits per heavy atom. The third-order valence-corrected chi connectivity index (χ3v) is 5.72. The number of carbonyl (C=O) groups is 1. The van der Waals surface area contributed by atoms with Crippen molar-refractivity contribution in [2.45, 2.75) is 18.8 Å². The van der Waals surface area contributed by atoms with Crippen LogP contribution in [0.5, 0.6) is 0 Å². The fourth-order valence-corrected chi connectivity index (χ4v) is 4.36. The summed E-state index contributed by atoms with van der Waals surface area (Å²) in [6, 6.07) is 16.3. The van der Waals surface area contributed by atoms with Gasteiger partial charge in [0.1, 0.15) is 5.82 Å². The van der Waals surface area contributed by atoms with Gasteiger partial charge in [-0.15, -0.1) is 0 Å². The molecule has 2 amide bonds. The number of para-hydroxylation sites is 1. The first-order valence-corrected chi connectivity index (χ1v) is 9.78. The lowest BCUT2D eigenvalue weighted by Crippen LogP contribution is -2.34. The van der Waals surface area contributed by atoms with E-state index >= 15 is 0 Å². The standard InChI is InChI=1S/C22H26FN3O/c23-19-8-6-7-17(13-19)21-16-26(15-18(21)14-25-11-4-5-12-25)22(27)24-20-9-2-1-3-10-20/h1-3,6-10,13,18,21H,4-5,11-12,14-16H2,(H,24,27). The monoisotopic (exact) mass is 367 g/mol. The molecule has 0 bridgehead atoms. The van der Waals surface area contributed by atoms with Crippen LogP contribution in [0.25, 0.3) is 0 Å². The molecule has 2 fully saturated rings. The minimum Gasteiger partial charge on any atom is -0.324 e. The molecule has 2 aliphatic rings. The van der Waals surface area contributed by atoms with Gasteiger partial charge in [0.25, 0.3) is 0 Å². The topological polar surface area (TPSA) is 35.6 Å². The number of urea groups is 1. The highest BCUT2D eigenvalue weighted by atomic mass is 19.1. The van der Waals surface area contributed by atoms with Crippen LogP contribution < -0.4 is 5.32 Å². The quantitative estimate of drug-likeness (QED) is 0.880. The predicted octanol–water partition coefficient (Wildman–Crippen LogP) is 4.17. The van der Waals surface area contributed by atoms with Crippen LogP contribution in [0.4, 0.5) is 14.9 Å². The third-order valence-electron chi connectivity index (χ3n) is 5.72. The Kier molecular flexibility index (Phi) is 5.39. The van der Waals surface area contributed by atoms with Gasteiger partial charge in [-0.3, -0.25) is 0 Å². The molecule has 0 spiro atoms. The van der Waals surface area contributed by atoms with Crippen molar-refractivity contribution in [3.8, 4) is 0 Å². The maximum atomic E-state index is 13.8. The average molecular weight is 367 g/mol. The van der Waals surface area contributed by atoms with Crippen molar-refractivity contribution in [1.82, 2.24) is 9.80 Å². The molecule has 0 aromatic heterocycles. The second kappa shape index (κ2) is 8.09. The summed E-state index contributed by atoms with van der Waals surface area (Å²) in [5.74, 6) is 0.286. The number of amides is 2. The van der Waals surface area contributed by atoms with E-state index in [1.54, 1.807) is 12.1 Å². The fourth-order valence-electron chi connectivity index (χ4n) is 4.36. The van der Waals surface area contributed by atoms with Crippen molar-refractivity contribution in [3.05, 3.63) is 66.0 Å². The molecule has 5 heteroatoms. The van der Waals surface area contributed by atoms with Crippen LogP contribution in [0.3, 0.4) is 0 Å². The van der Waals surface area contributed by atoms with Crippen LogP contribution in [-0.4, -0.2) is 48.6 Å². The Balaban J connectivity index is 1.50. The van der Waals surface area contributed by atoms with E-state index in [9.17, 15) is 9.18 Å². The van der Waals surface area contributed by atoms with Gasteiger partial charge < -0.3 is 15.1 Å². The summed E-state index contributed by atoms with van der Waals surface area (Å²) in [5.41, 5.74) is 1.79. The molecular weight excluding hydrogens is 341 g/mol. The van der Waals surface area contributed by atoms with Gasteiger partial charge in [-0.1, -0.05) is 30.3 Å². The first kappa shape index (κ1) is 18.0. The van der Waals surface area contributed by atoms with Crippen molar-refractivity contribution >= 4 is 11.7 Å². The second-order valence-electron chi connectivity index (χ2n) is 7.63. The number of carbonyl (C=O) groups excluding carboxylic acids is 1. The van der Waals surface area contributed by atoms with Gasteiger partial charge >= 0.3 is 6.03 Å². The molecule has 1 N–H and O–H groups in total. The molecule has 4 nitrogen and oxygen atoms in total. The van der Waals surface area contributed by atoms with Crippen molar-refractivity contribution in [2.75, 3.05) is 38.0 Å². The zero-order chi connectivity index (χ0) is 18.6. The zero-order valence-electron chi connectivity index (χ0n) is 15.5. The van der Waals surface area contributed by atoms with E-state index in [0.29, 0.717) is 19.0 Å². The molecule has 2 unspecified atom stereocenters. The molecule has 0 radical (unpaired) electrons. The van der Waals surface area contributed by atoms with Crippen LogP contribution in [0.2, 0.25) is 0 Å². The number of hydrogen-bond donors (Lipinski definition) is 1. The Morgan fingerprint density at radius 1 is 1.04 bits per heavy atom. The van der Waals surface area contributed by atoms with Gasteiger partial charge in [0.15, 0.2) is 0 Å². The Bertz CT molecular complexity index is 776. The molecule has 2 heterocycles. The second-order valence-corrected chi connectivity index (χ2v) is 7.63. The Hall–Kier alpha value is -2.40. The van der Waals surface area contributed by atoms with Gasteiger partial charge in [0.05, 0.1) is 0 Å². The molecule has 2 aromatic rings. The lowest BCUT2D eigenvalue weighted by molar-refractivity contribution is 0.217. The molecule has 2 saturated heterocycles. The van der Waals surface area contributed by atoms with Crippen molar-refractivity contribution < 1.29 is 9.18 Å². The summed E-state index contributed by atoms with van der Waals surface area (Å²) < 4.78 is 13.8. The number of halogens is 1. The fraction of sp³-hybridized carbons (Fsp3) is 0.409. The zero-order valence-corrected chi connectivity index (χ0v) is 15.5. The van der Waals surface area contributed by atoms with E-state index in [1.807, 2.05) is 41.3 Å². The number of hydrogen-bond acceptors (Lipinski definition) is 2. The Morgan fingerprint density at radius 3 is 2.56 bits per heavy atom. The first-order chi connectivity index (χ1) is 13.2. The highest BCUT2D eigenvalue weighted by Crippen LogP contribution is 2.34. The maximum absolute atomic E-state index is 13.8. The summed E-state index contributed by atoms with van der Waals surface area (Å²) in [6.07, 6.45) is 2.49. The molecule has 2 atom stereocenters. The van der Waals surface area contributed by atoms with Crippen molar-refractivity contribution in [2.24, 2.45) is 5.92 Å². The van der Waals surface area contributed by atoms with Gasteiger partial charge in [-0.2, -0.15) is 0 Å². The molecule has 142 valence electrons. The van der Waals surface area contributed by atoms with Gasteiger partial charge in [-0.05, 0) is 61.7 Å². The van der Waals surface area contributed by atoms with E-state index in [1.165, 1.54) is 18.9 Å². The minimum atomic E-state index is -0.209. The molecule has 27 heavy (non-hydrogen) atoms. The largest absolute Gasteiger partial charge is 0.324 e. The first-order valence-electron chi connectivity index (χ1n) is 9.78. The lowest BCUT2D eigenvalue weighted by atomic mass is 9.88. The molecule has 0 aliphatic carbocycles. The van der Waals surface area contributed by atoms with Gasteiger partial charge in [0.2, 0.25) is 0 Å². The van der Waals surface area contributed by atoms with E-state index in [-0.39, 0.29) is 17.8 Å². The van der Waals surface area contributed by atoms with Crippen molar-refractivity contribution in [3.63, 3.8) is 0 Å². The van der Waals surface area contributed by atoms with E-state index in [2.05, 4.69) is 10.2 Å². The highest BCUT2D eigenvalue weighted by molar-refractivity contribution is 5.89. The van der Waals surface area contributed by atoms with Crippen LogP contribution in [0.1, 0.15) is 24.3 Å². The summed E-state index contributed by atoms with van der Waals surface area (Å²) in [7, 11) is 0. The van der Waals surface area contributed by atoms with Gasteiger partial charge in [-0.25, -0.2) is 9.18 Å². The number of anilines is 1. The smallest absolute Gasteiger partial charge is 0.321 e. The maximum Gasteiger partial charge on any atom is 0.321 e. The minimum absolute atomic E-state index is 0.0773. The van der Waals surface area contributed by atoms with E-state index in [0.717, 1.165) is 30.9 Å². The Labute approximate surface area is 160 Å². The molecule has 4 rings (SSSR count). The number of nitrogens with zero attached hydrogens (tertiary/aromatic N) is 2. The summed E-state index contributed by atoms with van der Waals surface area (Å²) in [4.78, 5) is 17.1. The SMILES string of the molecule is O=C(Nc1ccccc1)N1CC(CN2CCCC2)C(c2cccc(F)c2)C1. The van der Waals surface area contributed by atoms with Crippen molar-refractivity contribution in [1.29, 1.82) is 0 Å². The van der Waals surface area contributed by atoms with E-state index in [4.69, 9.17) is 0 Å². The van der Waals surface area contributed by atoms with Gasteiger partial charge in [0, 0.05) is 31.2 Å². The summed E-state index contributed by atoms with van der Waals surface area (Å²) in [6.45, 7) is 4.55.